The molecular weight excluding hydrogens is 242 g/mol. The quantitative estimate of drug-likeness (QED) is 0.887. The Kier molecular flexibility index (Phi) is 4.31. The Labute approximate surface area is 112 Å². The van der Waals surface area contributed by atoms with E-state index >= 15 is 0 Å². The lowest BCUT2D eigenvalue weighted by Gasteiger charge is -2.11. The Morgan fingerprint density at radius 2 is 1.89 bits per heavy atom. The van der Waals surface area contributed by atoms with Crippen LogP contribution in [0, 0.1) is 0 Å². The second-order valence-corrected chi connectivity index (χ2v) is 5.56. The number of hydrogen-bond acceptors (Lipinski definition) is 4. The number of hydrogen-bond donors (Lipinski definition) is 1. The van der Waals surface area contributed by atoms with Crippen LogP contribution in [0.2, 0.25) is 0 Å². The Morgan fingerprint density at radius 3 is 2.50 bits per heavy atom. The van der Waals surface area contributed by atoms with Gasteiger partial charge in [0, 0.05) is 24.0 Å². The predicted octanol–water partition coefficient (Wildman–Crippen LogP) is 3.88. The van der Waals surface area contributed by atoms with E-state index in [2.05, 4.69) is 59.7 Å². The van der Waals surface area contributed by atoms with Gasteiger partial charge in [0.25, 0.3) is 0 Å². The van der Waals surface area contributed by atoms with Gasteiger partial charge in [0.1, 0.15) is 5.82 Å². The molecule has 1 N–H and O–H groups in total. The first-order valence-corrected chi connectivity index (χ1v) is 7.06. The van der Waals surface area contributed by atoms with Gasteiger partial charge in [-0.2, -0.15) is 4.37 Å². The van der Waals surface area contributed by atoms with E-state index < -0.39 is 0 Å². The maximum atomic E-state index is 4.47. The van der Waals surface area contributed by atoms with Gasteiger partial charge in [-0.15, -0.1) is 0 Å². The summed E-state index contributed by atoms with van der Waals surface area (Å²) >= 11 is 1.44. The van der Waals surface area contributed by atoms with E-state index in [1.165, 1.54) is 17.1 Å². The molecule has 0 radical (unpaired) electrons. The van der Waals surface area contributed by atoms with Gasteiger partial charge in [-0.25, -0.2) is 4.98 Å². The van der Waals surface area contributed by atoms with Crippen molar-refractivity contribution in [2.24, 2.45) is 0 Å². The fourth-order valence-corrected chi connectivity index (χ4v) is 2.39. The second-order valence-electron chi connectivity index (χ2n) is 4.81. The second kappa shape index (κ2) is 5.96. The predicted molar refractivity (Wildman–Crippen MR) is 77.3 cm³/mol. The van der Waals surface area contributed by atoms with E-state index in [0.717, 1.165) is 17.5 Å². The van der Waals surface area contributed by atoms with Crippen LogP contribution >= 0.6 is 11.5 Å². The van der Waals surface area contributed by atoms with Gasteiger partial charge in [-0.3, -0.25) is 0 Å². The highest BCUT2D eigenvalue weighted by molar-refractivity contribution is 7.09. The molecular formula is C14H19N3S. The van der Waals surface area contributed by atoms with Gasteiger partial charge in [-0.1, -0.05) is 51.1 Å². The monoisotopic (exact) mass is 261 g/mol. The van der Waals surface area contributed by atoms with Crippen molar-refractivity contribution in [3.05, 3.63) is 41.7 Å². The summed E-state index contributed by atoms with van der Waals surface area (Å²) in [5.41, 5.74) is 1.35. The minimum absolute atomic E-state index is 0.392. The molecule has 2 rings (SSSR count). The lowest BCUT2D eigenvalue weighted by molar-refractivity contribution is 0.787. The van der Waals surface area contributed by atoms with Crippen molar-refractivity contribution in [3.63, 3.8) is 0 Å². The van der Waals surface area contributed by atoms with E-state index in [0.29, 0.717) is 11.8 Å². The lowest BCUT2D eigenvalue weighted by Crippen LogP contribution is -2.09. The largest absolute Gasteiger partial charge is 0.360 e. The highest BCUT2D eigenvalue weighted by atomic mass is 32.1. The fourth-order valence-electron chi connectivity index (χ4n) is 1.68. The van der Waals surface area contributed by atoms with Gasteiger partial charge in [0.05, 0.1) is 0 Å². The highest BCUT2D eigenvalue weighted by Gasteiger charge is 2.09. The third-order valence-electron chi connectivity index (χ3n) is 2.89. The zero-order chi connectivity index (χ0) is 13.0. The Hall–Kier alpha value is -1.42. The first-order chi connectivity index (χ1) is 8.66. The summed E-state index contributed by atoms with van der Waals surface area (Å²) in [7, 11) is 0. The van der Waals surface area contributed by atoms with Gasteiger partial charge in [0.15, 0.2) is 0 Å². The lowest BCUT2D eigenvalue weighted by atomic mass is 10.0. The molecule has 0 aliphatic rings. The van der Waals surface area contributed by atoms with Crippen molar-refractivity contribution in [1.29, 1.82) is 0 Å². The SMILES string of the molecule is CC(C)c1nsc(NCC(C)c2ccccc2)n1. The standard InChI is InChI=1S/C14H19N3S/c1-10(2)13-16-14(18-17-13)15-9-11(3)12-7-5-4-6-8-12/h4-8,10-11H,9H2,1-3H3,(H,15,16,17). The van der Waals surface area contributed by atoms with Crippen LogP contribution in [-0.2, 0) is 0 Å². The highest BCUT2D eigenvalue weighted by Crippen LogP contribution is 2.19. The molecule has 0 spiro atoms. The maximum absolute atomic E-state index is 4.47. The molecule has 4 heteroatoms. The number of nitrogens with one attached hydrogen (secondary N) is 1. The summed E-state index contributed by atoms with van der Waals surface area (Å²) in [5.74, 6) is 1.79. The summed E-state index contributed by atoms with van der Waals surface area (Å²) in [6.07, 6.45) is 0. The van der Waals surface area contributed by atoms with Crippen LogP contribution in [0.15, 0.2) is 30.3 Å². The van der Waals surface area contributed by atoms with Gasteiger partial charge in [0.2, 0.25) is 5.13 Å². The third kappa shape index (κ3) is 3.29. The molecule has 0 saturated carbocycles. The van der Waals surface area contributed by atoms with Gasteiger partial charge < -0.3 is 5.32 Å². The Morgan fingerprint density at radius 1 is 1.17 bits per heavy atom. The van der Waals surface area contributed by atoms with Crippen molar-refractivity contribution < 1.29 is 0 Å². The molecule has 0 saturated heterocycles. The van der Waals surface area contributed by atoms with E-state index in [1.807, 2.05) is 6.07 Å². The molecule has 1 aromatic carbocycles. The molecule has 2 aromatic rings. The molecule has 96 valence electrons. The minimum atomic E-state index is 0.392. The average Bonchev–Trinajstić information content (AvgIpc) is 2.86. The molecule has 18 heavy (non-hydrogen) atoms. The van der Waals surface area contributed by atoms with Crippen LogP contribution in [0.3, 0.4) is 0 Å². The minimum Gasteiger partial charge on any atom is -0.360 e. The van der Waals surface area contributed by atoms with Crippen LogP contribution < -0.4 is 5.32 Å². The van der Waals surface area contributed by atoms with Crippen molar-refractivity contribution in [1.82, 2.24) is 9.36 Å². The summed E-state index contributed by atoms with van der Waals surface area (Å²) in [6, 6.07) is 10.5. The zero-order valence-corrected chi connectivity index (χ0v) is 11.9. The molecule has 1 aromatic heterocycles. The molecule has 0 bridgehead atoms. The van der Waals surface area contributed by atoms with Crippen LogP contribution in [0.5, 0.6) is 0 Å². The molecule has 0 aliphatic carbocycles. The van der Waals surface area contributed by atoms with E-state index in [1.54, 1.807) is 0 Å². The van der Waals surface area contributed by atoms with Crippen LogP contribution in [-0.4, -0.2) is 15.9 Å². The summed E-state index contributed by atoms with van der Waals surface area (Å²) in [5, 5.41) is 4.28. The van der Waals surface area contributed by atoms with Crippen LogP contribution in [0.25, 0.3) is 0 Å². The fraction of sp³-hybridized carbons (Fsp3) is 0.429. The van der Waals surface area contributed by atoms with E-state index in [-0.39, 0.29) is 0 Å². The average molecular weight is 261 g/mol. The number of benzene rings is 1. The number of aromatic nitrogens is 2. The molecule has 0 aliphatic heterocycles. The van der Waals surface area contributed by atoms with Crippen molar-refractivity contribution >= 4 is 16.7 Å². The van der Waals surface area contributed by atoms with E-state index in [9.17, 15) is 0 Å². The molecule has 3 nitrogen and oxygen atoms in total. The molecule has 1 unspecified atom stereocenters. The van der Waals surface area contributed by atoms with Crippen molar-refractivity contribution in [2.45, 2.75) is 32.6 Å². The maximum Gasteiger partial charge on any atom is 0.202 e. The van der Waals surface area contributed by atoms with Gasteiger partial charge >= 0.3 is 0 Å². The number of anilines is 1. The van der Waals surface area contributed by atoms with Gasteiger partial charge in [-0.05, 0) is 11.5 Å². The van der Waals surface area contributed by atoms with Crippen LogP contribution in [0.1, 0.15) is 44.0 Å². The summed E-state index contributed by atoms with van der Waals surface area (Å²) in [4.78, 5) is 4.47. The molecule has 1 heterocycles. The normalized spacial score (nSPS) is 12.7. The third-order valence-corrected chi connectivity index (χ3v) is 3.57. The molecule has 0 amide bonds. The number of rotatable bonds is 5. The Bertz CT molecular complexity index is 479. The molecule has 1 atom stereocenters. The first kappa shape index (κ1) is 13.0. The smallest absolute Gasteiger partial charge is 0.202 e. The Balaban J connectivity index is 1.91. The van der Waals surface area contributed by atoms with Crippen molar-refractivity contribution in [3.8, 4) is 0 Å². The topological polar surface area (TPSA) is 37.8 Å². The van der Waals surface area contributed by atoms with Crippen molar-refractivity contribution in [2.75, 3.05) is 11.9 Å². The summed E-state index contributed by atoms with van der Waals surface area (Å²) < 4.78 is 4.33. The van der Waals surface area contributed by atoms with Crippen LogP contribution in [0.4, 0.5) is 5.13 Å². The molecule has 0 fully saturated rings. The first-order valence-electron chi connectivity index (χ1n) is 6.29. The zero-order valence-electron chi connectivity index (χ0n) is 11.1. The van der Waals surface area contributed by atoms with E-state index in [4.69, 9.17) is 0 Å². The number of nitrogens with zero attached hydrogens (tertiary/aromatic N) is 2. The summed E-state index contributed by atoms with van der Waals surface area (Å²) in [6.45, 7) is 7.32.